The molecule has 7 heteroatoms. The molecular weight excluding hydrogens is 280 g/mol. The van der Waals surface area contributed by atoms with Crippen molar-refractivity contribution < 1.29 is 8.42 Å². The summed E-state index contributed by atoms with van der Waals surface area (Å²) in [4.78, 5) is 2.93. The summed E-state index contributed by atoms with van der Waals surface area (Å²) in [5, 5.41) is 1.23. The summed E-state index contributed by atoms with van der Waals surface area (Å²) >= 11 is 7.47. The minimum atomic E-state index is -3.28. The first-order valence-corrected chi connectivity index (χ1v) is 7.85. The number of benzene rings is 1. The third-order valence-electron chi connectivity index (χ3n) is 2.75. The number of hydrogen-bond acceptors (Lipinski definition) is 4. The topological polar surface area (TPSA) is 49.7 Å². The highest BCUT2D eigenvalue weighted by Gasteiger charge is 2.33. The molecular formula is C10H9ClN2O2S2. The molecule has 4 nitrogen and oxygen atoms in total. The lowest BCUT2D eigenvalue weighted by Gasteiger charge is -2.22. The van der Waals surface area contributed by atoms with Gasteiger partial charge in [0.15, 0.2) is 5.17 Å². The summed E-state index contributed by atoms with van der Waals surface area (Å²) in [5.41, 5.74) is 1.94. The second-order valence-corrected chi connectivity index (χ2v) is 7.15. The minimum absolute atomic E-state index is 0.0575. The van der Waals surface area contributed by atoms with E-state index in [1.807, 2.05) is 24.0 Å². The van der Waals surface area contributed by atoms with Crippen LogP contribution in [-0.4, -0.2) is 25.9 Å². The molecule has 17 heavy (non-hydrogen) atoms. The number of fused-ring (bicyclic) bond motifs is 3. The smallest absolute Gasteiger partial charge is 0.257 e. The van der Waals surface area contributed by atoms with Gasteiger partial charge in [0.1, 0.15) is 0 Å². The monoisotopic (exact) mass is 288 g/mol. The van der Waals surface area contributed by atoms with Gasteiger partial charge in [-0.05, 0) is 36.4 Å². The van der Waals surface area contributed by atoms with Crippen LogP contribution in [-0.2, 0) is 10.0 Å². The molecule has 90 valence electrons. The zero-order valence-corrected chi connectivity index (χ0v) is 11.4. The van der Waals surface area contributed by atoms with Crippen molar-refractivity contribution in [1.29, 1.82) is 0 Å². The average Bonchev–Trinajstić information content (AvgIpc) is 2.54. The number of aryl methyl sites for hydroxylation is 1. The number of anilines is 1. The van der Waals surface area contributed by atoms with Crippen molar-refractivity contribution in [1.82, 2.24) is 0 Å². The fourth-order valence-corrected chi connectivity index (χ4v) is 4.34. The standard InChI is InChI=1S/C10H9ClN2O2S2/c1-6-4-9-8(5-7(6)11)13-2-3-17(14,15)12-10(13)16-9/h4-5H,2-3H2,1H3. The molecule has 0 spiro atoms. The first kappa shape index (κ1) is 11.4. The van der Waals surface area contributed by atoms with E-state index in [-0.39, 0.29) is 5.75 Å². The minimum Gasteiger partial charge on any atom is -0.318 e. The second-order valence-electron chi connectivity index (χ2n) is 3.98. The van der Waals surface area contributed by atoms with Crippen molar-refractivity contribution in [2.45, 2.75) is 11.8 Å². The third kappa shape index (κ3) is 1.84. The number of halogens is 1. The number of hydrogen-bond donors (Lipinski definition) is 0. The molecule has 3 rings (SSSR count). The van der Waals surface area contributed by atoms with Gasteiger partial charge in [-0.2, -0.15) is 0 Å². The molecule has 1 aromatic carbocycles. The molecule has 0 bridgehead atoms. The summed E-state index contributed by atoms with van der Waals surface area (Å²) < 4.78 is 26.6. The molecule has 2 heterocycles. The summed E-state index contributed by atoms with van der Waals surface area (Å²) in [6, 6.07) is 3.84. The molecule has 0 atom stereocenters. The lowest BCUT2D eigenvalue weighted by molar-refractivity contribution is 0.596. The van der Waals surface area contributed by atoms with Gasteiger partial charge in [0, 0.05) is 16.5 Å². The zero-order chi connectivity index (χ0) is 12.2. The first-order chi connectivity index (χ1) is 7.96. The fourth-order valence-electron chi connectivity index (χ4n) is 1.85. The van der Waals surface area contributed by atoms with E-state index in [4.69, 9.17) is 11.6 Å². The van der Waals surface area contributed by atoms with Gasteiger partial charge in [-0.3, -0.25) is 0 Å². The van der Waals surface area contributed by atoms with Crippen LogP contribution < -0.4 is 4.90 Å². The van der Waals surface area contributed by atoms with E-state index >= 15 is 0 Å². The Kier molecular flexibility index (Phi) is 2.43. The van der Waals surface area contributed by atoms with E-state index in [0.717, 1.165) is 16.1 Å². The summed E-state index contributed by atoms with van der Waals surface area (Å²) in [7, 11) is -3.28. The predicted molar refractivity (Wildman–Crippen MR) is 70.6 cm³/mol. The van der Waals surface area contributed by atoms with Crippen molar-refractivity contribution >= 4 is 44.2 Å². The molecule has 2 aliphatic rings. The van der Waals surface area contributed by atoms with Crippen LogP contribution >= 0.6 is 23.4 Å². The number of amidine groups is 1. The number of thioether (sulfide) groups is 1. The predicted octanol–water partition coefficient (Wildman–Crippen LogP) is 2.26. The van der Waals surface area contributed by atoms with Crippen molar-refractivity contribution in [2.24, 2.45) is 4.40 Å². The van der Waals surface area contributed by atoms with Crippen molar-refractivity contribution in [3.05, 3.63) is 22.7 Å². The molecule has 0 unspecified atom stereocenters. The first-order valence-electron chi connectivity index (χ1n) is 5.04. The van der Waals surface area contributed by atoms with Crippen LogP contribution in [0.5, 0.6) is 0 Å². The van der Waals surface area contributed by atoms with E-state index in [1.54, 1.807) is 0 Å². The second kappa shape index (κ2) is 3.63. The van der Waals surface area contributed by atoms with Crippen LogP contribution in [0.15, 0.2) is 21.4 Å². The van der Waals surface area contributed by atoms with E-state index < -0.39 is 10.0 Å². The van der Waals surface area contributed by atoms with E-state index in [1.165, 1.54) is 11.8 Å². The maximum Gasteiger partial charge on any atom is 0.257 e. The zero-order valence-electron chi connectivity index (χ0n) is 8.97. The molecule has 0 N–H and O–H groups in total. The molecule has 2 aliphatic heterocycles. The highest BCUT2D eigenvalue weighted by atomic mass is 35.5. The van der Waals surface area contributed by atoms with Crippen LogP contribution in [0.4, 0.5) is 5.69 Å². The number of nitrogens with zero attached hydrogens (tertiary/aromatic N) is 2. The fraction of sp³-hybridized carbons (Fsp3) is 0.300. The molecule has 0 aliphatic carbocycles. The Morgan fingerprint density at radius 1 is 1.47 bits per heavy atom. The third-order valence-corrected chi connectivity index (χ3v) is 5.47. The van der Waals surface area contributed by atoms with Gasteiger partial charge in [-0.25, -0.2) is 8.42 Å². The van der Waals surface area contributed by atoms with Crippen LogP contribution in [0.25, 0.3) is 0 Å². The van der Waals surface area contributed by atoms with Gasteiger partial charge < -0.3 is 4.90 Å². The maximum atomic E-state index is 11.4. The lowest BCUT2D eigenvalue weighted by Crippen LogP contribution is -2.35. The number of sulfonamides is 1. The SMILES string of the molecule is Cc1cc2c(cc1Cl)N1CCS(=O)(=O)N=C1S2. The Morgan fingerprint density at radius 2 is 2.24 bits per heavy atom. The molecule has 0 fully saturated rings. The summed E-state index contributed by atoms with van der Waals surface area (Å²) in [6.45, 7) is 2.37. The van der Waals surface area contributed by atoms with Crippen molar-refractivity contribution in [3.8, 4) is 0 Å². The van der Waals surface area contributed by atoms with Crippen LogP contribution in [0, 0.1) is 6.92 Å². The Hall–Kier alpha value is -0.720. The molecule has 0 amide bonds. The molecule has 0 radical (unpaired) electrons. The van der Waals surface area contributed by atoms with Gasteiger partial charge in [0.2, 0.25) is 0 Å². The van der Waals surface area contributed by atoms with Crippen molar-refractivity contribution in [2.75, 3.05) is 17.2 Å². The van der Waals surface area contributed by atoms with E-state index in [9.17, 15) is 8.42 Å². The Bertz CT molecular complexity index is 640. The highest BCUT2D eigenvalue weighted by molar-refractivity contribution is 8.15. The van der Waals surface area contributed by atoms with Crippen LogP contribution in [0.2, 0.25) is 5.02 Å². The average molecular weight is 289 g/mol. The molecule has 0 saturated heterocycles. The maximum absolute atomic E-state index is 11.4. The summed E-state index contributed by atoms with van der Waals surface area (Å²) in [5.74, 6) is 0.0575. The normalized spacial score (nSPS) is 20.8. The highest BCUT2D eigenvalue weighted by Crippen LogP contribution is 2.44. The lowest BCUT2D eigenvalue weighted by atomic mass is 10.2. The van der Waals surface area contributed by atoms with Gasteiger partial charge in [0.25, 0.3) is 10.0 Å². The van der Waals surface area contributed by atoms with Crippen molar-refractivity contribution in [3.63, 3.8) is 0 Å². The Balaban J connectivity index is 2.14. The quantitative estimate of drug-likeness (QED) is 0.735. The van der Waals surface area contributed by atoms with Crippen LogP contribution in [0.1, 0.15) is 5.56 Å². The largest absolute Gasteiger partial charge is 0.318 e. The van der Waals surface area contributed by atoms with Gasteiger partial charge in [-0.1, -0.05) is 11.6 Å². The van der Waals surface area contributed by atoms with Gasteiger partial charge in [-0.15, -0.1) is 4.40 Å². The Morgan fingerprint density at radius 3 is 3.00 bits per heavy atom. The molecule has 0 aromatic heterocycles. The van der Waals surface area contributed by atoms with E-state index in [0.29, 0.717) is 16.7 Å². The van der Waals surface area contributed by atoms with Crippen LogP contribution in [0.3, 0.4) is 0 Å². The summed E-state index contributed by atoms with van der Waals surface area (Å²) in [6.07, 6.45) is 0. The van der Waals surface area contributed by atoms with Gasteiger partial charge in [0.05, 0.1) is 11.4 Å². The molecule has 0 saturated carbocycles. The van der Waals surface area contributed by atoms with Gasteiger partial charge >= 0.3 is 0 Å². The van der Waals surface area contributed by atoms with E-state index in [2.05, 4.69) is 4.40 Å². The number of rotatable bonds is 0. The Labute approximate surface area is 109 Å². The molecule has 1 aromatic rings.